The average Bonchev–Trinajstić information content (AvgIpc) is 2.57. The van der Waals surface area contributed by atoms with Crippen LogP contribution in [0.3, 0.4) is 0 Å². The molecule has 2 rings (SSSR count). The third-order valence-electron chi connectivity index (χ3n) is 4.93. The van der Waals surface area contributed by atoms with Gasteiger partial charge in [-0.1, -0.05) is 51.6 Å². The topological polar surface area (TPSA) is 102 Å². The van der Waals surface area contributed by atoms with E-state index in [2.05, 4.69) is 42.0 Å². The Morgan fingerprint density at radius 3 is 2.27 bits per heavy atom. The first kappa shape index (κ1) is 24.1. The Kier molecular flexibility index (Phi) is 7.86. The smallest absolute Gasteiger partial charge is 0.319 e. The summed E-state index contributed by atoms with van der Waals surface area (Å²) in [6.07, 6.45) is 6.15. The molecule has 0 spiro atoms. The molecule has 1 aromatic carbocycles. The van der Waals surface area contributed by atoms with Crippen molar-refractivity contribution in [2.24, 2.45) is 5.41 Å². The number of hydrogen-bond donors (Lipinski definition) is 5. The molecular formula is C22H35ClN4O3. The summed E-state index contributed by atoms with van der Waals surface area (Å²) < 4.78 is 0. The van der Waals surface area contributed by atoms with E-state index in [-0.39, 0.29) is 33.9 Å². The van der Waals surface area contributed by atoms with Crippen molar-refractivity contribution in [3.63, 3.8) is 0 Å². The first-order valence-corrected chi connectivity index (χ1v) is 10.9. The minimum Gasteiger partial charge on any atom is -0.504 e. The van der Waals surface area contributed by atoms with Gasteiger partial charge in [-0.15, -0.1) is 0 Å². The van der Waals surface area contributed by atoms with Crippen LogP contribution >= 0.6 is 11.6 Å². The van der Waals surface area contributed by atoms with Gasteiger partial charge in [0.1, 0.15) is 0 Å². The largest absolute Gasteiger partial charge is 0.504 e. The van der Waals surface area contributed by atoms with Gasteiger partial charge in [-0.05, 0) is 50.7 Å². The molecule has 1 aromatic rings. The van der Waals surface area contributed by atoms with E-state index < -0.39 is 11.6 Å². The van der Waals surface area contributed by atoms with E-state index >= 15 is 0 Å². The molecule has 1 saturated carbocycles. The fourth-order valence-electron chi connectivity index (χ4n) is 4.20. The maximum atomic E-state index is 12.5. The van der Waals surface area contributed by atoms with Crippen LogP contribution in [0.15, 0.2) is 12.1 Å². The number of carbonyl (C=O) groups excluding carboxylic acids is 2. The van der Waals surface area contributed by atoms with Gasteiger partial charge >= 0.3 is 12.1 Å². The monoisotopic (exact) mass is 438 g/mol. The highest BCUT2D eigenvalue weighted by Crippen LogP contribution is 2.35. The lowest BCUT2D eigenvalue weighted by Gasteiger charge is -2.33. The highest BCUT2D eigenvalue weighted by molar-refractivity contribution is 6.33. The maximum absolute atomic E-state index is 12.5. The van der Waals surface area contributed by atoms with Crippen molar-refractivity contribution in [3.05, 3.63) is 17.2 Å². The summed E-state index contributed by atoms with van der Waals surface area (Å²) in [7, 11) is 0. The van der Waals surface area contributed by atoms with Gasteiger partial charge in [-0.3, -0.25) is 0 Å². The molecule has 0 atom stereocenters. The molecule has 1 aliphatic rings. The zero-order valence-electron chi connectivity index (χ0n) is 18.6. The summed E-state index contributed by atoms with van der Waals surface area (Å²) in [5.41, 5.74) is 0.102. The Bertz CT molecular complexity index is 768. The summed E-state index contributed by atoms with van der Waals surface area (Å²) in [4.78, 5) is 24.8. The Morgan fingerprint density at radius 1 is 1.03 bits per heavy atom. The van der Waals surface area contributed by atoms with Crippen LogP contribution in [0.1, 0.15) is 73.1 Å². The van der Waals surface area contributed by atoms with Gasteiger partial charge in [0.15, 0.2) is 5.75 Å². The van der Waals surface area contributed by atoms with Gasteiger partial charge in [0.05, 0.1) is 10.7 Å². The predicted molar refractivity (Wildman–Crippen MR) is 122 cm³/mol. The fraction of sp³-hybridized carbons (Fsp3) is 0.636. The molecule has 0 bridgehead atoms. The minimum absolute atomic E-state index is 0.0368. The number of benzene rings is 1. The lowest BCUT2D eigenvalue weighted by Crippen LogP contribution is -2.47. The van der Waals surface area contributed by atoms with Crippen LogP contribution in [0, 0.1) is 5.41 Å². The molecule has 5 N–H and O–H groups in total. The molecule has 8 heteroatoms. The third kappa shape index (κ3) is 7.94. The third-order valence-corrected chi connectivity index (χ3v) is 5.22. The Morgan fingerprint density at radius 2 is 1.67 bits per heavy atom. The molecule has 4 amide bonds. The van der Waals surface area contributed by atoms with Crippen LogP contribution in [0.5, 0.6) is 5.75 Å². The van der Waals surface area contributed by atoms with Gasteiger partial charge in [0.2, 0.25) is 0 Å². The highest BCUT2D eigenvalue weighted by Gasteiger charge is 2.27. The molecule has 0 aromatic heterocycles. The molecule has 0 saturated heterocycles. The summed E-state index contributed by atoms with van der Waals surface area (Å²) >= 11 is 6.10. The van der Waals surface area contributed by atoms with Gasteiger partial charge in [-0.25, -0.2) is 9.59 Å². The van der Waals surface area contributed by atoms with Crippen LogP contribution < -0.4 is 21.3 Å². The number of nitrogens with one attached hydrogen (secondary N) is 4. The summed E-state index contributed by atoms with van der Waals surface area (Å²) in [6.45, 7) is 10.2. The normalized spacial score (nSPS) is 15.4. The second-order valence-electron chi connectivity index (χ2n) is 9.99. The van der Waals surface area contributed by atoms with E-state index in [1.165, 1.54) is 18.6 Å². The minimum atomic E-state index is -0.459. The van der Waals surface area contributed by atoms with Crippen molar-refractivity contribution in [3.8, 4) is 5.75 Å². The number of phenolic OH excluding ortho intramolecular Hbond substituents is 1. The number of amides is 4. The lowest BCUT2D eigenvalue weighted by atomic mass is 9.82. The van der Waals surface area contributed by atoms with Crippen molar-refractivity contribution in [1.29, 1.82) is 0 Å². The number of phenols is 1. The van der Waals surface area contributed by atoms with E-state index in [4.69, 9.17) is 11.6 Å². The van der Waals surface area contributed by atoms with Crippen LogP contribution in [0.25, 0.3) is 0 Å². The highest BCUT2D eigenvalue weighted by atomic mass is 35.5. The zero-order chi connectivity index (χ0) is 22.5. The molecule has 1 aliphatic carbocycles. The van der Waals surface area contributed by atoms with Crippen molar-refractivity contribution < 1.29 is 14.7 Å². The molecule has 0 unspecified atom stereocenters. The number of halogens is 1. The van der Waals surface area contributed by atoms with Crippen LogP contribution in [0.2, 0.25) is 5.02 Å². The summed E-state index contributed by atoms with van der Waals surface area (Å²) in [5.74, 6) is -0.251. The van der Waals surface area contributed by atoms with Crippen molar-refractivity contribution in [1.82, 2.24) is 10.6 Å². The Balaban J connectivity index is 2.03. The summed E-state index contributed by atoms with van der Waals surface area (Å²) in [5, 5.41) is 21.5. The number of urea groups is 2. The van der Waals surface area contributed by atoms with E-state index in [0.29, 0.717) is 5.69 Å². The Labute approximate surface area is 184 Å². The van der Waals surface area contributed by atoms with Crippen LogP contribution in [0.4, 0.5) is 21.0 Å². The molecule has 0 radical (unpaired) electrons. The van der Waals surface area contributed by atoms with Gasteiger partial charge in [0.25, 0.3) is 0 Å². The van der Waals surface area contributed by atoms with E-state index in [1.807, 2.05) is 13.8 Å². The first-order valence-electron chi connectivity index (χ1n) is 10.5. The lowest BCUT2D eigenvalue weighted by molar-refractivity contribution is 0.220. The van der Waals surface area contributed by atoms with Crippen molar-refractivity contribution in [2.75, 3.05) is 10.6 Å². The molecule has 7 nitrogen and oxygen atoms in total. The van der Waals surface area contributed by atoms with Gasteiger partial charge in [-0.2, -0.15) is 0 Å². The molecular weight excluding hydrogens is 404 g/mol. The second kappa shape index (κ2) is 9.77. The number of carbonyl (C=O) groups is 2. The van der Waals surface area contributed by atoms with Crippen molar-refractivity contribution >= 4 is 35.0 Å². The molecule has 0 heterocycles. The molecule has 30 heavy (non-hydrogen) atoms. The first-order chi connectivity index (χ1) is 13.8. The molecule has 168 valence electrons. The zero-order valence-corrected chi connectivity index (χ0v) is 19.4. The molecule has 0 aliphatic heterocycles. The Hall–Kier alpha value is -2.15. The van der Waals surface area contributed by atoms with Gasteiger partial charge in [0, 0.05) is 17.3 Å². The maximum Gasteiger partial charge on any atom is 0.319 e. The van der Waals surface area contributed by atoms with Crippen LogP contribution in [-0.2, 0) is 0 Å². The van der Waals surface area contributed by atoms with E-state index in [1.54, 1.807) is 0 Å². The SMILES string of the molecule is CC(C)(C)CC(C)(C)NC(=O)Nc1cc(NC(=O)NC2CCCCC2)cc(Cl)c1O. The van der Waals surface area contributed by atoms with Gasteiger partial charge < -0.3 is 26.4 Å². The number of aromatic hydroxyl groups is 1. The number of rotatable bonds is 5. The fourth-order valence-corrected chi connectivity index (χ4v) is 4.42. The molecule has 1 fully saturated rings. The number of anilines is 2. The van der Waals surface area contributed by atoms with E-state index in [9.17, 15) is 14.7 Å². The second-order valence-corrected chi connectivity index (χ2v) is 10.4. The number of hydrogen-bond acceptors (Lipinski definition) is 3. The van der Waals surface area contributed by atoms with Crippen LogP contribution in [-0.4, -0.2) is 28.7 Å². The van der Waals surface area contributed by atoms with E-state index in [0.717, 1.165) is 32.1 Å². The quantitative estimate of drug-likeness (QED) is 0.295. The average molecular weight is 439 g/mol. The standard InChI is InChI=1S/C22H35ClN4O3/c1-21(2,3)13-22(4,5)27-20(30)26-17-12-15(11-16(23)18(17)28)25-19(29)24-14-9-7-6-8-10-14/h11-12,14,28H,6-10,13H2,1-5H3,(H2,24,25,29)(H2,26,27,30). The predicted octanol–water partition coefficient (Wildman–Crippen LogP) is 5.84. The van der Waals surface area contributed by atoms with Crippen molar-refractivity contribution in [2.45, 2.75) is 84.7 Å². The summed E-state index contributed by atoms with van der Waals surface area (Å²) in [6, 6.07) is 2.31.